The van der Waals surface area contributed by atoms with Crippen LogP contribution in [0.3, 0.4) is 0 Å². The standard InChI is InChI=1S/C8H16O/c1-4-9-8(3)6-5-7(8)2/h7H,4-6H2,1-3H3. The van der Waals surface area contributed by atoms with Gasteiger partial charge in [-0.25, -0.2) is 0 Å². The smallest absolute Gasteiger partial charge is 0.0679 e. The average Bonchev–Trinajstić information content (AvgIpc) is 1.86. The zero-order chi connectivity index (χ0) is 6.91. The summed E-state index contributed by atoms with van der Waals surface area (Å²) >= 11 is 0. The van der Waals surface area contributed by atoms with Gasteiger partial charge in [-0.2, -0.15) is 0 Å². The summed E-state index contributed by atoms with van der Waals surface area (Å²) < 4.78 is 5.58. The fraction of sp³-hybridized carbons (Fsp3) is 1.00. The van der Waals surface area contributed by atoms with Crippen LogP contribution in [-0.4, -0.2) is 12.2 Å². The summed E-state index contributed by atoms with van der Waals surface area (Å²) in [7, 11) is 0. The van der Waals surface area contributed by atoms with Crippen LogP contribution in [0.25, 0.3) is 0 Å². The highest BCUT2D eigenvalue weighted by atomic mass is 16.5. The first kappa shape index (κ1) is 7.07. The summed E-state index contributed by atoms with van der Waals surface area (Å²) in [4.78, 5) is 0. The molecule has 0 saturated heterocycles. The topological polar surface area (TPSA) is 9.23 Å². The van der Waals surface area contributed by atoms with Crippen LogP contribution in [0.15, 0.2) is 0 Å². The molecule has 1 aliphatic carbocycles. The lowest BCUT2D eigenvalue weighted by molar-refractivity contribution is -0.122. The Bertz CT molecular complexity index is 101. The van der Waals surface area contributed by atoms with Crippen molar-refractivity contribution in [1.82, 2.24) is 0 Å². The molecule has 2 unspecified atom stereocenters. The maximum atomic E-state index is 5.58. The second-order valence-corrected chi connectivity index (χ2v) is 3.19. The minimum absolute atomic E-state index is 0.231. The van der Waals surface area contributed by atoms with E-state index in [0.717, 1.165) is 12.5 Å². The molecule has 1 nitrogen and oxygen atoms in total. The zero-order valence-corrected chi connectivity index (χ0v) is 6.61. The molecular weight excluding hydrogens is 112 g/mol. The van der Waals surface area contributed by atoms with Crippen molar-refractivity contribution in [3.05, 3.63) is 0 Å². The quantitative estimate of drug-likeness (QED) is 0.554. The van der Waals surface area contributed by atoms with E-state index in [1.54, 1.807) is 0 Å². The number of rotatable bonds is 2. The molecule has 0 aliphatic heterocycles. The van der Waals surface area contributed by atoms with Crippen molar-refractivity contribution in [2.24, 2.45) is 5.92 Å². The van der Waals surface area contributed by atoms with Gasteiger partial charge in [0.05, 0.1) is 5.60 Å². The summed E-state index contributed by atoms with van der Waals surface area (Å²) in [6.07, 6.45) is 2.60. The lowest BCUT2D eigenvalue weighted by Crippen LogP contribution is -2.45. The first-order valence-corrected chi connectivity index (χ1v) is 3.83. The van der Waals surface area contributed by atoms with E-state index in [1.807, 2.05) is 0 Å². The van der Waals surface area contributed by atoms with Crippen LogP contribution >= 0.6 is 0 Å². The molecule has 0 heterocycles. The molecule has 54 valence electrons. The van der Waals surface area contributed by atoms with Gasteiger partial charge in [0, 0.05) is 6.61 Å². The second-order valence-electron chi connectivity index (χ2n) is 3.19. The Morgan fingerprint density at radius 3 is 2.44 bits per heavy atom. The number of ether oxygens (including phenoxy) is 1. The van der Waals surface area contributed by atoms with E-state index in [1.165, 1.54) is 12.8 Å². The highest BCUT2D eigenvalue weighted by Crippen LogP contribution is 2.40. The molecule has 1 fully saturated rings. The third-order valence-electron chi connectivity index (χ3n) is 2.59. The SMILES string of the molecule is CCOC1(C)CCC1C. The molecule has 0 radical (unpaired) electrons. The van der Waals surface area contributed by atoms with Gasteiger partial charge in [0.25, 0.3) is 0 Å². The average molecular weight is 128 g/mol. The van der Waals surface area contributed by atoms with Gasteiger partial charge in [-0.15, -0.1) is 0 Å². The third kappa shape index (κ3) is 1.11. The van der Waals surface area contributed by atoms with Crippen molar-refractivity contribution in [2.75, 3.05) is 6.61 Å². The van der Waals surface area contributed by atoms with Gasteiger partial charge in [0.2, 0.25) is 0 Å². The van der Waals surface area contributed by atoms with Crippen molar-refractivity contribution in [1.29, 1.82) is 0 Å². The van der Waals surface area contributed by atoms with E-state index in [2.05, 4.69) is 20.8 Å². The van der Waals surface area contributed by atoms with Gasteiger partial charge >= 0.3 is 0 Å². The number of hydrogen-bond donors (Lipinski definition) is 0. The van der Waals surface area contributed by atoms with E-state index < -0.39 is 0 Å². The van der Waals surface area contributed by atoms with Crippen molar-refractivity contribution in [3.8, 4) is 0 Å². The van der Waals surface area contributed by atoms with Crippen LogP contribution in [0.1, 0.15) is 33.6 Å². The fourth-order valence-corrected chi connectivity index (χ4v) is 1.38. The maximum Gasteiger partial charge on any atom is 0.0679 e. The molecule has 1 heteroatoms. The Morgan fingerprint density at radius 2 is 2.33 bits per heavy atom. The molecule has 2 atom stereocenters. The molecule has 0 spiro atoms. The largest absolute Gasteiger partial charge is 0.375 e. The lowest BCUT2D eigenvalue weighted by atomic mass is 9.72. The van der Waals surface area contributed by atoms with Crippen LogP contribution in [0, 0.1) is 5.92 Å². The van der Waals surface area contributed by atoms with E-state index in [4.69, 9.17) is 4.74 Å². The van der Waals surface area contributed by atoms with E-state index >= 15 is 0 Å². The van der Waals surface area contributed by atoms with E-state index in [9.17, 15) is 0 Å². The summed E-state index contributed by atoms with van der Waals surface area (Å²) in [6.45, 7) is 7.40. The maximum absolute atomic E-state index is 5.58. The lowest BCUT2D eigenvalue weighted by Gasteiger charge is -2.44. The monoisotopic (exact) mass is 128 g/mol. The Balaban J connectivity index is 2.34. The predicted octanol–water partition coefficient (Wildman–Crippen LogP) is 2.21. The fourth-order valence-electron chi connectivity index (χ4n) is 1.38. The van der Waals surface area contributed by atoms with Crippen LogP contribution < -0.4 is 0 Å². The van der Waals surface area contributed by atoms with Gasteiger partial charge < -0.3 is 4.74 Å². The molecule has 1 aliphatic rings. The van der Waals surface area contributed by atoms with Gasteiger partial charge in [0.1, 0.15) is 0 Å². The van der Waals surface area contributed by atoms with E-state index in [-0.39, 0.29) is 5.60 Å². The summed E-state index contributed by atoms with van der Waals surface area (Å²) in [5.41, 5.74) is 0.231. The zero-order valence-electron chi connectivity index (χ0n) is 6.61. The Morgan fingerprint density at radius 1 is 1.67 bits per heavy atom. The molecule has 1 rings (SSSR count). The van der Waals surface area contributed by atoms with Gasteiger partial charge in [-0.05, 0) is 32.6 Å². The molecule has 1 saturated carbocycles. The minimum Gasteiger partial charge on any atom is -0.375 e. The Hall–Kier alpha value is -0.0400. The molecule has 0 aromatic rings. The minimum atomic E-state index is 0.231. The van der Waals surface area contributed by atoms with Gasteiger partial charge in [-0.3, -0.25) is 0 Å². The molecule has 0 aromatic carbocycles. The summed E-state index contributed by atoms with van der Waals surface area (Å²) in [6, 6.07) is 0. The summed E-state index contributed by atoms with van der Waals surface area (Å²) in [5, 5.41) is 0. The van der Waals surface area contributed by atoms with Crippen molar-refractivity contribution in [2.45, 2.75) is 39.2 Å². The molecule has 9 heavy (non-hydrogen) atoms. The molecular formula is C8H16O. The van der Waals surface area contributed by atoms with Crippen LogP contribution in [0.2, 0.25) is 0 Å². The normalized spacial score (nSPS) is 42.3. The molecule has 0 bridgehead atoms. The number of hydrogen-bond acceptors (Lipinski definition) is 1. The highest BCUT2D eigenvalue weighted by Gasteiger charge is 2.39. The molecule has 0 aromatic heterocycles. The molecule has 0 N–H and O–H groups in total. The Labute approximate surface area is 57.4 Å². The first-order chi connectivity index (χ1) is 4.19. The predicted molar refractivity (Wildman–Crippen MR) is 38.4 cm³/mol. The van der Waals surface area contributed by atoms with Gasteiger partial charge in [-0.1, -0.05) is 6.92 Å². The first-order valence-electron chi connectivity index (χ1n) is 3.83. The molecule has 0 amide bonds. The van der Waals surface area contributed by atoms with Crippen LogP contribution in [0.5, 0.6) is 0 Å². The van der Waals surface area contributed by atoms with Crippen LogP contribution in [-0.2, 0) is 4.74 Å². The van der Waals surface area contributed by atoms with Crippen molar-refractivity contribution < 1.29 is 4.74 Å². The Kier molecular flexibility index (Phi) is 1.80. The summed E-state index contributed by atoms with van der Waals surface area (Å²) in [5.74, 6) is 0.775. The third-order valence-corrected chi connectivity index (χ3v) is 2.59. The van der Waals surface area contributed by atoms with Crippen molar-refractivity contribution in [3.63, 3.8) is 0 Å². The highest BCUT2D eigenvalue weighted by molar-refractivity contribution is 4.91. The van der Waals surface area contributed by atoms with Gasteiger partial charge in [0.15, 0.2) is 0 Å². The van der Waals surface area contributed by atoms with Crippen LogP contribution in [0.4, 0.5) is 0 Å². The van der Waals surface area contributed by atoms with Crippen molar-refractivity contribution >= 4 is 0 Å². The van der Waals surface area contributed by atoms with E-state index in [0.29, 0.717) is 0 Å². The second kappa shape index (κ2) is 2.30.